The molecular formula is C15H15NO3. The summed E-state index contributed by atoms with van der Waals surface area (Å²) in [5.41, 5.74) is 6.65. The second-order valence-corrected chi connectivity index (χ2v) is 4.40. The number of ether oxygens (including phenoxy) is 1. The van der Waals surface area contributed by atoms with E-state index in [0.29, 0.717) is 6.42 Å². The van der Waals surface area contributed by atoms with Gasteiger partial charge in [0.2, 0.25) is 0 Å². The highest BCUT2D eigenvalue weighted by Gasteiger charge is 2.17. The third-order valence-corrected chi connectivity index (χ3v) is 2.82. The molecule has 19 heavy (non-hydrogen) atoms. The van der Waals surface area contributed by atoms with Gasteiger partial charge < -0.3 is 10.5 Å². The number of hydrogen-bond acceptors (Lipinski definition) is 4. The first kappa shape index (κ1) is 13.2. The number of nitrogens with two attached hydrogens (primary N) is 1. The molecule has 0 radical (unpaired) electrons. The second kappa shape index (κ2) is 5.63. The highest BCUT2D eigenvalue weighted by atomic mass is 16.6. The van der Waals surface area contributed by atoms with Crippen molar-refractivity contribution >= 4 is 22.7 Å². The first-order valence-corrected chi connectivity index (χ1v) is 6.02. The molecule has 4 heteroatoms. The Hall–Kier alpha value is -2.20. The summed E-state index contributed by atoms with van der Waals surface area (Å²) < 4.78 is 4.47. The second-order valence-electron chi connectivity index (χ2n) is 4.40. The predicted molar refractivity (Wildman–Crippen MR) is 72.4 cm³/mol. The molecule has 2 aromatic rings. The van der Waals surface area contributed by atoms with Crippen LogP contribution in [0.15, 0.2) is 42.5 Å². The average molecular weight is 257 g/mol. The van der Waals surface area contributed by atoms with Crippen LogP contribution >= 0.6 is 0 Å². The van der Waals surface area contributed by atoms with Gasteiger partial charge in [0.15, 0.2) is 0 Å². The van der Waals surface area contributed by atoms with Crippen LogP contribution < -0.4 is 5.73 Å². The van der Waals surface area contributed by atoms with Gasteiger partial charge in [-0.25, -0.2) is 4.79 Å². The van der Waals surface area contributed by atoms with Crippen LogP contribution in [0.1, 0.15) is 12.5 Å². The first-order chi connectivity index (χ1) is 9.06. The van der Waals surface area contributed by atoms with Gasteiger partial charge >= 0.3 is 11.9 Å². The fourth-order valence-corrected chi connectivity index (χ4v) is 1.92. The van der Waals surface area contributed by atoms with Crippen LogP contribution in [0.3, 0.4) is 0 Å². The van der Waals surface area contributed by atoms with Crippen molar-refractivity contribution < 1.29 is 14.3 Å². The number of carbonyl (C=O) groups is 2. The molecule has 2 aromatic carbocycles. The van der Waals surface area contributed by atoms with Crippen LogP contribution in [0.2, 0.25) is 0 Å². The molecule has 0 bridgehead atoms. The number of carbonyl (C=O) groups excluding carboxylic acids is 2. The first-order valence-electron chi connectivity index (χ1n) is 6.02. The van der Waals surface area contributed by atoms with E-state index in [1.807, 2.05) is 42.5 Å². The molecule has 0 amide bonds. The Morgan fingerprint density at radius 1 is 1.16 bits per heavy atom. The van der Waals surface area contributed by atoms with Crippen LogP contribution in [0.25, 0.3) is 10.8 Å². The smallest absolute Gasteiger partial charge is 0.330 e. The Kier molecular flexibility index (Phi) is 3.92. The summed E-state index contributed by atoms with van der Waals surface area (Å²) in [4.78, 5) is 22.1. The number of benzene rings is 2. The summed E-state index contributed by atoms with van der Waals surface area (Å²) in [6.07, 6.45) is 0.344. The molecule has 0 fully saturated rings. The molecule has 1 atom stereocenters. The van der Waals surface area contributed by atoms with Crippen LogP contribution in [0.5, 0.6) is 0 Å². The van der Waals surface area contributed by atoms with Crippen molar-refractivity contribution in [2.45, 2.75) is 19.4 Å². The largest absolute Gasteiger partial charge is 0.392 e. The minimum absolute atomic E-state index is 0.344. The van der Waals surface area contributed by atoms with Gasteiger partial charge in [0.05, 0.1) is 0 Å². The van der Waals surface area contributed by atoms with E-state index in [1.165, 1.54) is 6.92 Å². The topological polar surface area (TPSA) is 69.4 Å². The van der Waals surface area contributed by atoms with Gasteiger partial charge in [-0.15, -0.1) is 0 Å². The van der Waals surface area contributed by atoms with Gasteiger partial charge in [0.1, 0.15) is 6.04 Å². The summed E-state index contributed by atoms with van der Waals surface area (Å²) in [7, 11) is 0. The Balaban J connectivity index is 2.12. The molecule has 2 rings (SSSR count). The van der Waals surface area contributed by atoms with Crippen molar-refractivity contribution in [2.24, 2.45) is 5.73 Å². The molecule has 0 saturated carbocycles. The maximum Gasteiger partial charge on any atom is 0.330 e. The minimum Gasteiger partial charge on any atom is -0.392 e. The van der Waals surface area contributed by atoms with Crippen LogP contribution in [0, 0.1) is 0 Å². The maximum absolute atomic E-state index is 11.5. The predicted octanol–water partition coefficient (Wildman–Crippen LogP) is 1.80. The zero-order chi connectivity index (χ0) is 13.8. The van der Waals surface area contributed by atoms with E-state index in [1.54, 1.807) is 0 Å². The van der Waals surface area contributed by atoms with Crippen molar-refractivity contribution in [1.29, 1.82) is 0 Å². The standard InChI is InChI=1S/C15H15NO3/c1-10(17)19-15(18)14(16)9-11-6-7-12-4-2-3-5-13(12)8-11/h2-8,14H,9,16H2,1H3/t14-/m1/s1. The zero-order valence-electron chi connectivity index (χ0n) is 10.6. The lowest BCUT2D eigenvalue weighted by Gasteiger charge is -2.10. The molecule has 0 saturated heterocycles. The summed E-state index contributed by atoms with van der Waals surface area (Å²) in [6.45, 7) is 1.18. The zero-order valence-corrected chi connectivity index (χ0v) is 10.6. The van der Waals surface area contributed by atoms with Crippen LogP contribution in [0.4, 0.5) is 0 Å². The molecule has 2 N–H and O–H groups in total. The molecule has 0 aliphatic rings. The number of esters is 2. The van der Waals surface area contributed by atoms with Gasteiger partial charge in [0.25, 0.3) is 0 Å². The van der Waals surface area contributed by atoms with E-state index in [4.69, 9.17) is 5.73 Å². The van der Waals surface area contributed by atoms with E-state index in [2.05, 4.69) is 4.74 Å². The van der Waals surface area contributed by atoms with E-state index in [9.17, 15) is 9.59 Å². The van der Waals surface area contributed by atoms with Gasteiger partial charge in [-0.2, -0.15) is 0 Å². The normalized spacial score (nSPS) is 12.1. The summed E-state index contributed by atoms with van der Waals surface area (Å²) in [5.74, 6) is -1.33. The molecule has 98 valence electrons. The maximum atomic E-state index is 11.5. The summed E-state index contributed by atoms with van der Waals surface area (Å²) >= 11 is 0. The quantitative estimate of drug-likeness (QED) is 0.672. The molecule has 0 unspecified atom stereocenters. The van der Waals surface area contributed by atoms with Gasteiger partial charge in [-0.05, 0) is 22.8 Å². The number of fused-ring (bicyclic) bond motifs is 1. The van der Waals surface area contributed by atoms with Crippen molar-refractivity contribution in [3.63, 3.8) is 0 Å². The number of rotatable bonds is 3. The molecule has 0 heterocycles. The van der Waals surface area contributed by atoms with Crippen molar-refractivity contribution in [3.05, 3.63) is 48.0 Å². The lowest BCUT2D eigenvalue weighted by Crippen LogP contribution is -2.35. The Bertz CT molecular complexity index is 622. The molecule has 4 nitrogen and oxygen atoms in total. The summed E-state index contributed by atoms with van der Waals surface area (Å²) in [5, 5.41) is 2.22. The van der Waals surface area contributed by atoms with Gasteiger partial charge in [0, 0.05) is 6.92 Å². The fraction of sp³-hybridized carbons (Fsp3) is 0.200. The lowest BCUT2D eigenvalue weighted by molar-refractivity contribution is -0.159. The van der Waals surface area contributed by atoms with Gasteiger partial charge in [-0.1, -0.05) is 42.5 Å². The Morgan fingerprint density at radius 3 is 2.53 bits per heavy atom. The Morgan fingerprint density at radius 2 is 1.84 bits per heavy atom. The molecule has 0 aliphatic carbocycles. The van der Waals surface area contributed by atoms with E-state index < -0.39 is 18.0 Å². The van der Waals surface area contributed by atoms with Crippen molar-refractivity contribution in [1.82, 2.24) is 0 Å². The van der Waals surface area contributed by atoms with E-state index >= 15 is 0 Å². The van der Waals surface area contributed by atoms with E-state index in [0.717, 1.165) is 16.3 Å². The average Bonchev–Trinajstić information content (AvgIpc) is 2.37. The molecular weight excluding hydrogens is 242 g/mol. The van der Waals surface area contributed by atoms with Crippen LogP contribution in [-0.2, 0) is 20.7 Å². The van der Waals surface area contributed by atoms with Crippen LogP contribution in [-0.4, -0.2) is 18.0 Å². The molecule has 0 aliphatic heterocycles. The fourth-order valence-electron chi connectivity index (χ4n) is 1.92. The van der Waals surface area contributed by atoms with Crippen molar-refractivity contribution in [3.8, 4) is 0 Å². The molecule has 0 aromatic heterocycles. The third kappa shape index (κ3) is 3.39. The monoisotopic (exact) mass is 257 g/mol. The Labute approximate surface area is 111 Å². The SMILES string of the molecule is CC(=O)OC(=O)[C@H](N)Cc1ccc2ccccc2c1. The minimum atomic E-state index is -0.829. The lowest BCUT2D eigenvalue weighted by atomic mass is 10.0. The van der Waals surface area contributed by atoms with E-state index in [-0.39, 0.29) is 0 Å². The highest BCUT2D eigenvalue weighted by molar-refractivity contribution is 5.87. The third-order valence-electron chi connectivity index (χ3n) is 2.82. The van der Waals surface area contributed by atoms with Crippen molar-refractivity contribution in [2.75, 3.05) is 0 Å². The number of hydrogen-bond donors (Lipinski definition) is 1. The highest BCUT2D eigenvalue weighted by Crippen LogP contribution is 2.16. The van der Waals surface area contributed by atoms with Gasteiger partial charge in [-0.3, -0.25) is 4.79 Å². The summed E-state index contributed by atoms with van der Waals surface area (Å²) in [6, 6.07) is 13.0. The molecule has 0 spiro atoms.